The zero-order chi connectivity index (χ0) is 16.4. The van der Waals surface area contributed by atoms with Crippen molar-refractivity contribution in [3.05, 3.63) is 64.1 Å². The minimum Gasteiger partial charge on any atom is -0.481 e. The van der Waals surface area contributed by atoms with E-state index in [1.165, 1.54) is 12.1 Å². The van der Waals surface area contributed by atoms with Crippen molar-refractivity contribution in [2.75, 3.05) is 7.11 Å². The Morgan fingerprint density at radius 2 is 1.91 bits per heavy atom. The number of benzene rings is 1. The third kappa shape index (κ3) is 3.27. The number of pyridine rings is 1. The zero-order valence-electron chi connectivity index (χ0n) is 12.8. The van der Waals surface area contributed by atoms with Crippen LogP contribution in [0, 0.1) is 12.7 Å². The van der Waals surface area contributed by atoms with Gasteiger partial charge in [0.25, 0.3) is 0 Å². The summed E-state index contributed by atoms with van der Waals surface area (Å²) in [6.07, 6.45) is 1.76. The van der Waals surface area contributed by atoms with Gasteiger partial charge >= 0.3 is 0 Å². The van der Waals surface area contributed by atoms with Crippen molar-refractivity contribution >= 4 is 15.9 Å². The maximum atomic E-state index is 13.2. The fourth-order valence-corrected chi connectivity index (χ4v) is 2.87. The molecule has 2 heterocycles. The monoisotopic (exact) mass is 375 g/mol. The largest absolute Gasteiger partial charge is 0.481 e. The van der Waals surface area contributed by atoms with Gasteiger partial charge in [0, 0.05) is 17.8 Å². The smallest absolute Gasteiger partial charge is 0.212 e. The van der Waals surface area contributed by atoms with E-state index in [4.69, 9.17) is 4.74 Å². The van der Waals surface area contributed by atoms with E-state index in [1.54, 1.807) is 25.4 Å². The van der Waals surface area contributed by atoms with Crippen LogP contribution in [0.15, 0.2) is 47.1 Å². The molecule has 118 valence electrons. The summed E-state index contributed by atoms with van der Waals surface area (Å²) >= 11 is 3.58. The van der Waals surface area contributed by atoms with E-state index in [0.29, 0.717) is 12.4 Å². The van der Waals surface area contributed by atoms with Crippen LogP contribution < -0.4 is 4.74 Å². The summed E-state index contributed by atoms with van der Waals surface area (Å²) < 4.78 is 21.0. The van der Waals surface area contributed by atoms with Crippen molar-refractivity contribution in [3.63, 3.8) is 0 Å². The number of aromatic nitrogens is 3. The average Bonchev–Trinajstić information content (AvgIpc) is 2.83. The van der Waals surface area contributed by atoms with Crippen LogP contribution in [0.5, 0.6) is 5.88 Å². The number of ether oxygens (including phenoxy) is 1. The quantitative estimate of drug-likeness (QED) is 0.685. The number of halogens is 2. The van der Waals surface area contributed by atoms with Crippen LogP contribution in [0.4, 0.5) is 4.39 Å². The molecular weight excluding hydrogens is 361 g/mol. The molecular formula is C17H15BrFN3O. The molecule has 0 aliphatic carbocycles. The first-order valence-corrected chi connectivity index (χ1v) is 7.85. The van der Waals surface area contributed by atoms with Crippen LogP contribution in [0.3, 0.4) is 0 Å². The molecule has 0 amide bonds. The maximum absolute atomic E-state index is 13.2. The third-order valence-corrected chi connectivity index (χ3v) is 4.46. The highest BCUT2D eigenvalue weighted by atomic mass is 79.9. The Hall–Kier alpha value is -2.21. The summed E-state index contributed by atoms with van der Waals surface area (Å²) in [5, 5.41) is 4.56. The van der Waals surface area contributed by atoms with Crippen molar-refractivity contribution in [1.82, 2.24) is 14.8 Å². The summed E-state index contributed by atoms with van der Waals surface area (Å²) in [7, 11) is 1.59. The van der Waals surface area contributed by atoms with E-state index in [9.17, 15) is 4.39 Å². The number of hydrogen-bond acceptors (Lipinski definition) is 3. The fraction of sp³-hybridized carbons (Fsp3) is 0.176. The van der Waals surface area contributed by atoms with E-state index in [0.717, 1.165) is 27.0 Å². The highest BCUT2D eigenvalue weighted by molar-refractivity contribution is 9.10. The highest BCUT2D eigenvalue weighted by Gasteiger charge is 2.15. The van der Waals surface area contributed by atoms with Crippen LogP contribution in [0.1, 0.15) is 11.3 Å². The first kappa shape index (κ1) is 15.7. The number of aryl methyl sites for hydroxylation is 1. The van der Waals surface area contributed by atoms with Gasteiger partial charge in [-0.3, -0.25) is 4.68 Å². The summed E-state index contributed by atoms with van der Waals surface area (Å²) in [6.45, 7) is 2.50. The molecule has 0 aliphatic rings. The van der Waals surface area contributed by atoms with E-state index >= 15 is 0 Å². The average molecular weight is 376 g/mol. The van der Waals surface area contributed by atoms with E-state index < -0.39 is 0 Å². The summed E-state index contributed by atoms with van der Waals surface area (Å²) in [5.74, 6) is 0.317. The summed E-state index contributed by atoms with van der Waals surface area (Å²) in [4.78, 5) is 4.21. The topological polar surface area (TPSA) is 39.9 Å². The van der Waals surface area contributed by atoms with Gasteiger partial charge in [-0.05, 0) is 52.7 Å². The molecule has 0 N–H and O–H groups in total. The van der Waals surface area contributed by atoms with Crippen LogP contribution in [-0.4, -0.2) is 21.9 Å². The van der Waals surface area contributed by atoms with Crippen LogP contribution in [-0.2, 0) is 6.54 Å². The Balaban J connectivity index is 1.98. The van der Waals surface area contributed by atoms with Crippen molar-refractivity contribution in [1.29, 1.82) is 0 Å². The minimum absolute atomic E-state index is 0.257. The van der Waals surface area contributed by atoms with E-state index in [-0.39, 0.29) is 5.82 Å². The summed E-state index contributed by atoms with van der Waals surface area (Å²) in [6, 6.07) is 10.2. The molecule has 6 heteroatoms. The molecule has 0 atom stereocenters. The lowest BCUT2D eigenvalue weighted by Crippen LogP contribution is -2.04. The Morgan fingerprint density at radius 1 is 1.17 bits per heavy atom. The maximum Gasteiger partial charge on any atom is 0.212 e. The lowest BCUT2D eigenvalue weighted by atomic mass is 10.1. The fourth-order valence-electron chi connectivity index (χ4n) is 2.36. The third-order valence-electron chi connectivity index (χ3n) is 3.51. The van der Waals surface area contributed by atoms with Gasteiger partial charge in [0.15, 0.2) is 0 Å². The predicted molar refractivity (Wildman–Crippen MR) is 89.9 cm³/mol. The number of nitrogens with zero attached hydrogens (tertiary/aromatic N) is 3. The normalized spacial score (nSPS) is 10.8. The van der Waals surface area contributed by atoms with Gasteiger partial charge in [-0.25, -0.2) is 9.37 Å². The Morgan fingerprint density at radius 3 is 2.52 bits per heavy atom. The standard InChI is InChI=1S/C17H15BrFN3O/c1-11-16(18)17(13-4-6-14(19)7-5-13)22(21-11)10-12-3-8-15(23-2)20-9-12/h3-9H,10H2,1-2H3. The molecule has 2 aromatic heterocycles. The SMILES string of the molecule is COc1ccc(Cn2nc(C)c(Br)c2-c2ccc(F)cc2)cn1. The van der Waals surface area contributed by atoms with E-state index in [1.807, 2.05) is 23.7 Å². The van der Waals surface area contributed by atoms with Crippen LogP contribution >= 0.6 is 15.9 Å². The highest BCUT2D eigenvalue weighted by Crippen LogP contribution is 2.31. The van der Waals surface area contributed by atoms with E-state index in [2.05, 4.69) is 26.0 Å². The van der Waals surface area contributed by atoms with Gasteiger partial charge in [-0.1, -0.05) is 6.07 Å². The first-order chi connectivity index (χ1) is 11.1. The predicted octanol–water partition coefficient (Wildman–Crippen LogP) is 4.21. The van der Waals surface area contributed by atoms with Crippen molar-refractivity contribution in [2.24, 2.45) is 0 Å². The lowest BCUT2D eigenvalue weighted by Gasteiger charge is -2.09. The second-order valence-corrected chi connectivity index (χ2v) is 5.91. The van der Waals surface area contributed by atoms with Crippen molar-refractivity contribution < 1.29 is 9.13 Å². The number of hydrogen-bond donors (Lipinski definition) is 0. The molecule has 0 saturated heterocycles. The Labute approximate surface area is 142 Å². The molecule has 1 aromatic carbocycles. The number of rotatable bonds is 4. The zero-order valence-corrected chi connectivity index (χ0v) is 14.3. The Kier molecular flexibility index (Phi) is 4.43. The molecule has 0 bridgehead atoms. The Bertz CT molecular complexity index is 813. The second kappa shape index (κ2) is 6.50. The second-order valence-electron chi connectivity index (χ2n) is 5.12. The molecule has 0 aliphatic heterocycles. The van der Waals surface area contributed by atoms with Gasteiger partial charge < -0.3 is 4.74 Å². The van der Waals surface area contributed by atoms with Gasteiger partial charge in [-0.15, -0.1) is 0 Å². The van der Waals surface area contributed by atoms with Gasteiger partial charge in [0.1, 0.15) is 5.82 Å². The van der Waals surface area contributed by atoms with Crippen molar-refractivity contribution in [3.8, 4) is 17.1 Å². The van der Waals surface area contributed by atoms with Gasteiger partial charge in [0.2, 0.25) is 5.88 Å². The molecule has 0 spiro atoms. The molecule has 0 unspecified atom stereocenters. The molecule has 0 radical (unpaired) electrons. The molecule has 3 aromatic rings. The molecule has 23 heavy (non-hydrogen) atoms. The lowest BCUT2D eigenvalue weighted by molar-refractivity contribution is 0.397. The molecule has 0 saturated carbocycles. The van der Waals surface area contributed by atoms with Gasteiger partial charge in [0.05, 0.1) is 29.5 Å². The van der Waals surface area contributed by atoms with Gasteiger partial charge in [-0.2, -0.15) is 5.10 Å². The minimum atomic E-state index is -0.257. The first-order valence-electron chi connectivity index (χ1n) is 7.06. The summed E-state index contributed by atoms with van der Waals surface area (Å²) in [5.41, 5.74) is 3.70. The number of methoxy groups -OCH3 is 1. The van der Waals surface area contributed by atoms with Crippen LogP contribution in [0.25, 0.3) is 11.3 Å². The molecule has 0 fully saturated rings. The van der Waals surface area contributed by atoms with Crippen LogP contribution in [0.2, 0.25) is 0 Å². The molecule has 3 rings (SSSR count). The molecule has 4 nitrogen and oxygen atoms in total. The van der Waals surface area contributed by atoms with Crippen molar-refractivity contribution in [2.45, 2.75) is 13.5 Å².